The Balaban J connectivity index is 0.000000315. The van der Waals surface area contributed by atoms with Crippen LogP contribution in [0, 0.1) is 10.8 Å². The van der Waals surface area contributed by atoms with Gasteiger partial charge >= 0.3 is 11.9 Å². The summed E-state index contributed by atoms with van der Waals surface area (Å²) in [7, 11) is 2.77. The molecule has 1 saturated carbocycles. The molecule has 2 aliphatic carbocycles. The van der Waals surface area contributed by atoms with Gasteiger partial charge in [-0.05, 0) is 95.5 Å². The second-order valence-corrected chi connectivity index (χ2v) is 12.7. The molecule has 1 unspecified atom stereocenters. The molecule has 0 saturated heterocycles. The summed E-state index contributed by atoms with van der Waals surface area (Å²) in [6.07, 6.45) is 7.78. The molecule has 3 aromatic rings. The lowest BCUT2D eigenvalue weighted by Crippen LogP contribution is -2.16. The third kappa shape index (κ3) is 8.78. The fourth-order valence-electron chi connectivity index (χ4n) is 6.29. The second kappa shape index (κ2) is 15.8. The third-order valence-electron chi connectivity index (χ3n) is 8.86. The molecular formula is C39H52O6. The summed E-state index contributed by atoms with van der Waals surface area (Å²) in [5.74, 6) is 0.710. The van der Waals surface area contributed by atoms with Crippen LogP contribution in [0.2, 0.25) is 0 Å². The normalized spacial score (nSPS) is 17.4. The van der Waals surface area contributed by atoms with Gasteiger partial charge in [0.25, 0.3) is 0 Å². The Kier molecular flexibility index (Phi) is 13.0. The van der Waals surface area contributed by atoms with Gasteiger partial charge in [0.2, 0.25) is 0 Å². The lowest BCUT2D eigenvalue weighted by molar-refractivity contribution is 0.0591. The molecule has 6 nitrogen and oxygen atoms in total. The van der Waals surface area contributed by atoms with Gasteiger partial charge in [-0.15, -0.1) is 0 Å². The first-order valence-electron chi connectivity index (χ1n) is 15.0. The quantitative estimate of drug-likeness (QED) is 0.266. The smallest absolute Gasteiger partial charge is 0.337 e. The zero-order valence-corrected chi connectivity index (χ0v) is 26.2. The molecule has 1 atom stereocenters. The van der Waals surface area contributed by atoms with Crippen LogP contribution in [0.15, 0.2) is 72.8 Å². The van der Waals surface area contributed by atoms with E-state index in [1.54, 1.807) is 24.3 Å². The predicted octanol–water partition coefficient (Wildman–Crippen LogP) is 10.0. The average Bonchev–Trinajstić information content (AvgIpc) is 3.55. The van der Waals surface area contributed by atoms with Gasteiger partial charge < -0.3 is 19.3 Å². The third-order valence-corrected chi connectivity index (χ3v) is 8.86. The van der Waals surface area contributed by atoms with Crippen LogP contribution >= 0.6 is 0 Å². The van der Waals surface area contributed by atoms with Crippen LogP contribution in [-0.2, 0) is 16.1 Å². The molecule has 2 aliphatic rings. The number of hydrogen-bond donors (Lipinski definition) is 1. The number of methoxy groups -OCH3 is 2. The molecule has 244 valence electrons. The summed E-state index contributed by atoms with van der Waals surface area (Å²) < 4.78 is 15.7. The Hall–Kier alpha value is -4.06. The maximum Gasteiger partial charge on any atom is 0.337 e. The maximum atomic E-state index is 12.0. The van der Waals surface area contributed by atoms with Gasteiger partial charge in [0.15, 0.2) is 0 Å². The molecule has 1 fully saturated rings. The van der Waals surface area contributed by atoms with Crippen molar-refractivity contribution in [2.24, 2.45) is 10.8 Å². The number of benzene rings is 3. The van der Waals surface area contributed by atoms with E-state index in [0.29, 0.717) is 23.7 Å². The molecule has 1 N–H and O–H groups in total. The van der Waals surface area contributed by atoms with Crippen LogP contribution in [0.5, 0.6) is 11.5 Å². The number of aromatic hydroxyl groups is 1. The van der Waals surface area contributed by atoms with E-state index in [2.05, 4.69) is 33.8 Å². The Morgan fingerprint density at radius 1 is 0.844 bits per heavy atom. The minimum Gasteiger partial charge on any atom is -0.508 e. The summed E-state index contributed by atoms with van der Waals surface area (Å²) >= 11 is 0. The van der Waals surface area contributed by atoms with E-state index in [4.69, 9.17) is 14.2 Å². The first kappa shape index (κ1) is 37.1. The van der Waals surface area contributed by atoms with Crippen LogP contribution in [0.4, 0.5) is 0 Å². The van der Waals surface area contributed by atoms with Crippen LogP contribution in [0.25, 0.3) is 5.57 Å². The van der Waals surface area contributed by atoms with E-state index in [9.17, 15) is 14.7 Å². The first-order valence-corrected chi connectivity index (χ1v) is 15.0. The van der Waals surface area contributed by atoms with Crippen molar-refractivity contribution in [1.82, 2.24) is 0 Å². The Morgan fingerprint density at radius 2 is 1.47 bits per heavy atom. The van der Waals surface area contributed by atoms with Gasteiger partial charge in [0.05, 0.1) is 25.3 Å². The van der Waals surface area contributed by atoms with Gasteiger partial charge in [-0.25, -0.2) is 9.59 Å². The van der Waals surface area contributed by atoms with Crippen molar-refractivity contribution in [2.45, 2.75) is 87.2 Å². The highest BCUT2D eigenvalue weighted by Gasteiger charge is 2.37. The average molecular weight is 617 g/mol. The SMILES string of the molecule is C.C.COC(=O)c1ccc(O)c(C2CCCC2(C)C)c1.COC(=O)c1ccc(OCc2ccccc2)c(C2=CCCC2(C)C)c1. The summed E-state index contributed by atoms with van der Waals surface area (Å²) in [5.41, 5.74) is 5.51. The number of ether oxygens (including phenoxy) is 3. The Labute approximate surface area is 270 Å². The molecular weight excluding hydrogens is 564 g/mol. The zero-order valence-electron chi connectivity index (χ0n) is 26.2. The number of rotatable bonds is 7. The standard InChI is InChI=1S/C22H24O3.C15H20O3.2CH4/c1-22(2)13-7-10-19(22)18-14-17(21(23)24-3)11-12-20(18)25-15-16-8-5-4-6-9-16;1-15(2)8-4-5-12(15)11-9-10(14(17)18-3)6-7-13(11)16;;/h4-6,8-12,14H,7,13,15H2,1-3H3;6-7,9,12,16H,4-5,8H2,1-3H3;2*1H4. The van der Waals surface area contributed by atoms with Crippen LogP contribution in [-0.4, -0.2) is 31.3 Å². The van der Waals surface area contributed by atoms with Crippen molar-refractivity contribution >= 4 is 17.5 Å². The predicted molar refractivity (Wildman–Crippen MR) is 183 cm³/mol. The number of hydrogen-bond acceptors (Lipinski definition) is 6. The highest BCUT2D eigenvalue weighted by Crippen LogP contribution is 2.51. The minimum absolute atomic E-state index is 0. The van der Waals surface area contributed by atoms with Gasteiger partial charge in [-0.1, -0.05) is 85.4 Å². The van der Waals surface area contributed by atoms with E-state index in [1.165, 1.54) is 26.2 Å². The first-order chi connectivity index (χ1) is 20.5. The fraction of sp³-hybridized carbons (Fsp3) is 0.436. The van der Waals surface area contributed by atoms with Gasteiger partial charge in [0.1, 0.15) is 18.1 Å². The van der Waals surface area contributed by atoms with Crippen molar-refractivity contribution in [3.05, 3.63) is 101 Å². The number of carbonyl (C=O) groups excluding carboxylic acids is 2. The molecule has 0 spiro atoms. The van der Waals surface area contributed by atoms with Crippen molar-refractivity contribution < 1.29 is 28.9 Å². The van der Waals surface area contributed by atoms with Crippen molar-refractivity contribution in [3.63, 3.8) is 0 Å². The van der Waals surface area contributed by atoms with E-state index in [-0.39, 0.29) is 43.4 Å². The monoisotopic (exact) mass is 616 g/mol. The molecule has 3 aromatic carbocycles. The molecule has 0 amide bonds. The summed E-state index contributed by atoms with van der Waals surface area (Å²) in [5, 5.41) is 10.0. The largest absolute Gasteiger partial charge is 0.508 e. The van der Waals surface area contributed by atoms with Crippen molar-refractivity contribution in [1.29, 1.82) is 0 Å². The second-order valence-electron chi connectivity index (χ2n) is 12.7. The van der Waals surface area contributed by atoms with E-state index >= 15 is 0 Å². The van der Waals surface area contributed by atoms with Crippen molar-refractivity contribution in [2.75, 3.05) is 14.2 Å². The van der Waals surface area contributed by atoms with E-state index in [1.807, 2.05) is 42.5 Å². The van der Waals surface area contributed by atoms with Crippen LogP contribution < -0.4 is 4.74 Å². The number of phenolic OH excluding ortho intramolecular Hbond substituents is 1. The number of carbonyl (C=O) groups is 2. The van der Waals surface area contributed by atoms with Gasteiger partial charge in [-0.2, -0.15) is 0 Å². The molecule has 0 aliphatic heterocycles. The molecule has 45 heavy (non-hydrogen) atoms. The lowest BCUT2D eigenvalue weighted by atomic mass is 9.77. The summed E-state index contributed by atoms with van der Waals surface area (Å²) in [6.45, 7) is 9.40. The minimum atomic E-state index is -0.355. The molecule has 0 heterocycles. The number of phenols is 1. The Morgan fingerprint density at radius 3 is 2.02 bits per heavy atom. The summed E-state index contributed by atoms with van der Waals surface area (Å²) in [6, 6.07) is 20.6. The van der Waals surface area contributed by atoms with E-state index in [0.717, 1.165) is 48.1 Å². The fourth-order valence-corrected chi connectivity index (χ4v) is 6.29. The van der Waals surface area contributed by atoms with Crippen molar-refractivity contribution in [3.8, 4) is 11.5 Å². The zero-order chi connectivity index (χ0) is 31.2. The lowest BCUT2D eigenvalue weighted by Gasteiger charge is -2.28. The van der Waals surface area contributed by atoms with Crippen LogP contribution in [0.1, 0.15) is 118 Å². The number of allylic oxidation sites excluding steroid dienone is 2. The topological polar surface area (TPSA) is 82.1 Å². The molecule has 6 heteroatoms. The summed E-state index contributed by atoms with van der Waals surface area (Å²) in [4.78, 5) is 23.5. The van der Waals surface area contributed by atoms with Gasteiger partial charge in [-0.3, -0.25) is 0 Å². The maximum absolute atomic E-state index is 12.0. The van der Waals surface area contributed by atoms with E-state index < -0.39 is 0 Å². The molecule has 5 rings (SSSR count). The highest BCUT2D eigenvalue weighted by molar-refractivity contribution is 5.92. The molecule has 0 radical (unpaired) electrons. The van der Waals surface area contributed by atoms with Gasteiger partial charge in [0, 0.05) is 5.56 Å². The highest BCUT2D eigenvalue weighted by atomic mass is 16.5. The molecule has 0 aromatic heterocycles. The van der Waals surface area contributed by atoms with Crippen LogP contribution in [0.3, 0.4) is 0 Å². The Bertz CT molecular complexity index is 1470. The number of esters is 2. The molecule has 0 bridgehead atoms.